The highest BCUT2D eigenvalue weighted by Gasteiger charge is 2.13. The Morgan fingerprint density at radius 2 is 2.21 bits per heavy atom. The second-order valence-corrected chi connectivity index (χ2v) is 4.64. The number of hydrogen-bond acceptors (Lipinski definition) is 5. The molecule has 0 aliphatic rings. The molecule has 0 bridgehead atoms. The molecule has 1 heterocycles. The number of para-hydroxylation sites is 1. The number of carbonyl (C=O) groups is 1. The standard InChI is InChI=1S/C12H14N2O3S.BrH/c1-3-17-8-5-4-6-9-11(8)14(12(13)18-9)7-10(15)16-2;/h4-6,13H,3,7H2,1-2H3;1H. The van der Waals surface area contributed by atoms with Gasteiger partial charge in [-0.1, -0.05) is 17.4 Å². The van der Waals surface area contributed by atoms with Crippen molar-refractivity contribution in [2.24, 2.45) is 0 Å². The second kappa shape index (κ2) is 6.72. The summed E-state index contributed by atoms with van der Waals surface area (Å²) in [6.45, 7) is 2.47. The number of hydrogen-bond donors (Lipinski definition) is 1. The molecule has 1 aromatic carbocycles. The third kappa shape index (κ3) is 3.16. The van der Waals surface area contributed by atoms with Gasteiger partial charge in [0.2, 0.25) is 0 Å². The third-order valence-corrected chi connectivity index (χ3v) is 3.46. The van der Waals surface area contributed by atoms with E-state index >= 15 is 0 Å². The molecule has 0 amide bonds. The summed E-state index contributed by atoms with van der Waals surface area (Å²) in [7, 11) is 1.34. The molecule has 5 nitrogen and oxygen atoms in total. The van der Waals surface area contributed by atoms with E-state index in [9.17, 15) is 4.79 Å². The van der Waals surface area contributed by atoms with E-state index in [4.69, 9.17) is 10.1 Å². The molecule has 0 unspecified atom stereocenters. The number of carbonyl (C=O) groups excluding carboxylic acids is 1. The summed E-state index contributed by atoms with van der Waals surface area (Å²) in [5, 5.41) is 7.91. The number of methoxy groups -OCH3 is 1. The molecule has 0 aliphatic heterocycles. The van der Waals surface area contributed by atoms with Crippen LogP contribution < -0.4 is 9.54 Å². The first kappa shape index (κ1) is 15.7. The Bertz CT molecular complexity index is 635. The van der Waals surface area contributed by atoms with E-state index in [1.54, 1.807) is 4.57 Å². The van der Waals surface area contributed by atoms with Crippen LogP contribution in [0.5, 0.6) is 5.75 Å². The molecule has 0 saturated carbocycles. The van der Waals surface area contributed by atoms with Crippen molar-refractivity contribution < 1.29 is 14.3 Å². The van der Waals surface area contributed by atoms with Crippen LogP contribution in [0.1, 0.15) is 6.92 Å². The van der Waals surface area contributed by atoms with E-state index in [1.807, 2.05) is 25.1 Å². The number of nitrogens with one attached hydrogen (secondary N) is 1. The summed E-state index contributed by atoms with van der Waals surface area (Å²) in [6, 6.07) is 5.63. The van der Waals surface area contributed by atoms with Gasteiger partial charge in [-0.2, -0.15) is 0 Å². The average Bonchev–Trinajstić information content (AvgIpc) is 2.67. The van der Waals surface area contributed by atoms with Crippen molar-refractivity contribution in [3.05, 3.63) is 23.0 Å². The van der Waals surface area contributed by atoms with Gasteiger partial charge in [-0.05, 0) is 19.1 Å². The van der Waals surface area contributed by atoms with Crippen molar-refractivity contribution in [3.8, 4) is 5.75 Å². The van der Waals surface area contributed by atoms with Crippen LogP contribution in [0.25, 0.3) is 10.2 Å². The van der Waals surface area contributed by atoms with Gasteiger partial charge in [-0.25, -0.2) is 0 Å². The lowest BCUT2D eigenvalue weighted by atomic mass is 10.3. The van der Waals surface area contributed by atoms with Crippen molar-refractivity contribution >= 4 is 44.5 Å². The predicted octanol–water partition coefficient (Wildman–Crippen LogP) is 2.33. The van der Waals surface area contributed by atoms with E-state index in [1.165, 1.54) is 18.4 Å². The molecule has 1 N–H and O–H groups in total. The Hall–Kier alpha value is -1.34. The first-order chi connectivity index (χ1) is 8.67. The minimum atomic E-state index is -0.375. The van der Waals surface area contributed by atoms with Crippen molar-refractivity contribution in [2.75, 3.05) is 13.7 Å². The predicted molar refractivity (Wildman–Crippen MR) is 79.2 cm³/mol. The molecule has 0 radical (unpaired) electrons. The molecule has 2 rings (SSSR count). The molecule has 2 aromatic rings. The summed E-state index contributed by atoms with van der Waals surface area (Å²) in [5.41, 5.74) is 0.778. The van der Waals surface area contributed by atoms with Gasteiger partial charge in [0.1, 0.15) is 17.8 Å². The van der Waals surface area contributed by atoms with Crippen LogP contribution >= 0.6 is 28.3 Å². The fourth-order valence-corrected chi connectivity index (χ4v) is 2.66. The number of nitrogens with zero attached hydrogens (tertiary/aromatic N) is 1. The lowest BCUT2D eigenvalue weighted by Crippen LogP contribution is -2.20. The van der Waals surface area contributed by atoms with E-state index in [0.717, 1.165) is 10.2 Å². The fourth-order valence-electron chi connectivity index (χ4n) is 1.73. The molecule has 0 atom stereocenters. The van der Waals surface area contributed by atoms with Crippen LogP contribution in [0.4, 0.5) is 0 Å². The normalized spacial score (nSPS) is 10.0. The fraction of sp³-hybridized carbons (Fsp3) is 0.333. The van der Waals surface area contributed by atoms with Crippen LogP contribution in [0, 0.1) is 5.41 Å². The van der Waals surface area contributed by atoms with Crippen LogP contribution in [0.15, 0.2) is 18.2 Å². The Kier molecular flexibility index (Phi) is 5.56. The van der Waals surface area contributed by atoms with Crippen molar-refractivity contribution in [1.82, 2.24) is 4.57 Å². The van der Waals surface area contributed by atoms with Gasteiger partial charge in [-0.15, -0.1) is 17.0 Å². The second-order valence-electron chi connectivity index (χ2n) is 3.61. The third-order valence-electron chi connectivity index (χ3n) is 2.50. The number of fused-ring (bicyclic) bond motifs is 1. The van der Waals surface area contributed by atoms with Gasteiger partial charge < -0.3 is 14.0 Å². The minimum Gasteiger partial charge on any atom is -0.492 e. The van der Waals surface area contributed by atoms with E-state index in [0.29, 0.717) is 17.2 Å². The number of aromatic nitrogens is 1. The SMILES string of the molecule is Br.CCOc1cccc2sc(=N)n(CC(=O)OC)c12. The van der Waals surface area contributed by atoms with Gasteiger partial charge in [0, 0.05) is 0 Å². The van der Waals surface area contributed by atoms with Crippen molar-refractivity contribution in [2.45, 2.75) is 13.5 Å². The van der Waals surface area contributed by atoms with Gasteiger partial charge in [0.15, 0.2) is 4.80 Å². The van der Waals surface area contributed by atoms with E-state index in [2.05, 4.69) is 4.74 Å². The number of thiazole rings is 1. The molecule has 0 spiro atoms. The Morgan fingerprint density at radius 1 is 1.47 bits per heavy atom. The maximum absolute atomic E-state index is 11.4. The molecule has 0 saturated heterocycles. The van der Waals surface area contributed by atoms with Crippen molar-refractivity contribution in [1.29, 1.82) is 5.41 Å². The number of benzene rings is 1. The smallest absolute Gasteiger partial charge is 0.325 e. The average molecular weight is 347 g/mol. The molecule has 0 aliphatic carbocycles. The van der Waals surface area contributed by atoms with Crippen LogP contribution in [0.2, 0.25) is 0 Å². The zero-order valence-electron chi connectivity index (χ0n) is 10.6. The summed E-state index contributed by atoms with van der Waals surface area (Å²) < 4.78 is 12.7. The summed E-state index contributed by atoms with van der Waals surface area (Å²) >= 11 is 1.31. The number of rotatable bonds is 4. The van der Waals surface area contributed by atoms with E-state index < -0.39 is 0 Å². The van der Waals surface area contributed by atoms with Crippen LogP contribution in [-0.2, 0) is 16.1 Å². The topological polar surface area (TPSA) is 64.3 Å². The molecular formula is C12H15BrN2O3S. The number of ether oxygens (including phenoxy) is 2. The van der Waals surface area contributed by atoms with E-state index in [-0.39, 0.29) is 29.5 Å². The van der Waals surface area contributed by atoms with Gasteiger partial charge in [0.05, 0.1) is 18.4 Å². The molecule has 0 fully saturated rings. The highest BCUT2D eigenvalue weighted by atomic mass is 79.9. The number of halogens is 1. The zero-order chi connectivity index (χ0) is 13.1. The first-order valence-electron chi connectivity index (χ1n) is 5.54. The van der Waals surface area contributed by atoms with Crippen LogP contribution in [-0.4, -0.2) is 24.3 Å². The lowest BCUT2D eigenvalue weighted by molar-refractivity contribution is -0.141. The Balaban J connectivity index is 0.00000180. The Labute approximate surface area is 125 Å². The molecule has 7 heteroatoms. The van der Waals surface area contributed by atoms with Crippen molar-refractivity contribution in [3.63, 3.8) is 0 Å². The summed E-state index contributed by atoms with van der Waals surface area (Å²) in [5.74, 6) is 0.313. The molecule has 19 heavy (non-hydrogen) atoms. The highest BCUT2D eigenvalue weighted by Crippen LogP contribution is 2.27. The molecule has 104 valence electrons. The lowest BCUT2D eigenvalue weighted by Gasteiger charge is -2.08. The van der Waals surface area contributed by atoms with Crippen LogP contribution in [0.3, 0.4) is 0 Å². The van der Waals surface area contributed by atoms with Gasteiger partial charge >= 0.3 is 5.97 Å². The first-order valence-corrected chi connectivity index (χ1v) is 6.35. The van der Waals surface area contributed by atoms with Gasteiger partial charge in [-0.3, -0.25) is 10.2 Å². The Morgan fingerprint density at radius 3 is 2.84 bits per heavy atom. The van der Waals surface area contributed by atoms with Gasteiger partial charge in [0.25, 0.3) is 0 Å². The molecule has 1 aromatic heterocycles. The molecular weight excluding hydrogens is 332 g/mol. The maximum Gasteiger partial charge on any atom is 0.325 e. The minimum absolute atomic E-state index is 0. The summed E-state index contributed by atoms with van der Waals surface area (Å²) in [4.78, 5) is 11.7. The zero-order valence-corrected chi connectivity index (χ0v) is 13.2. The maximum atomic E-state index is 11.4. The highest BCUT2D eigenvalue weighted by molar-refractivity contribution is 8.93. The monoisotopic (exact) mass is 346 g/mol. The quantitative estimate of drug-likeness (QED) is 0.864. The largest absolute Gasteiger partial charge is 0.492 e. The summed E-state index contributed by atoms with van der Waals surface area (Å²) in [6.07, 6.45) is 0. The number of esters is 1.